The van der Waals surface area contributed by atoms with Gasteiger partial charge in [-0.05, 0) is 42.9 Å². The van der Waals surface area contributed by atoms with Gasteiger partial charge in [0.25, 0.3) is 0 Å². The zero-order valence-corrected chi connectivity index (χ0v) is 10.2. The number of hydrogen-bond donors (Lipinski definition) is 1. The number of thiol groups is 1. The fourth-order valence-electron chi connectivity index (χ4n) is 1.50. The SMILES string of the molecule is CCN(CC(C)CS)c1ccc(F)cc1. The van der Waals surface area contributed by atoms with Gasteiger partial charge >= 0.3 is 0 Å². The Morgan fingerprint density at radius 1 is 1.33 bits per heavy atom. The van der Waals surface area contributed by atoms with Crippen LogP contribution in [-0.4, -0.2) is 18.8 Å². The van der Waals surface area contributed by atoms with E-state index in [1.165, 1.54) is 12.1 Å². The molecule has 1 aromatic carbocycles. The molecular weight excluding hydrogens is 209 g/mol. The summed E-state index contributed by atoms with van der Waals surface area (Å²) in [4.78, 5) is 2.24. The summed E-state index contributed by atoms with van der Waals surface area (Å²) < 4.78 is 12.8. The molecular formula is C12H18FNS. The Bertz CT molecular complexity index is 286. The smallest absolute Gasteiger partial charge is 0.123 e. The Kier molecular flexibility index (Phi) is 4.95. The first kappa shape index (κ1) is 12.4. The van der Waals surface area contributed by atoms with Crippen LogP contribution in [0.4, 0.5) is 10.1 Å². The molecule has 0 saturated heterocycles. The second-order valence-electron chi connectivity index (χ2n) is 3.80. The molecule has 0 aliphatic carbocycles. The largest absolute Gasteiger partial charge is 0.372 e. The van der Waals surface area contributed by atoms with Crippen molar-refractivity contribution in [3.05, 3.63) is 30.1 Å². The highest BCUT2D eigenvalue weighted by Gasteiger charge is 2.08. The molecule has 1 aromatic rings. The van der Waals surface area contributed by atoms with E-state index in [-0.39, 0.29) is 5.82 Å². The molecule has 0 saturated carbocycles. The van der Waals surface area contributed by atoms with Gasteiger partial charge in [-0.3, -0.25) is 0 Å². The van der Waals surface area contributed by atoms with E-state index in [1.54, 1.807) is 0 Å². The Labute approximate surface area is 96.7 Å². The lowest BCUT2D eigenvalue weighted by molar-refractivity contribution is 0.620. The van der Waals surface area contributed by atoms with Crippen LogP contribution in [-0.2, 0) is 0 Å². The van der Waals surface area contributed by atoms with Crippen LogP contribution in [0.1, 0.15) is 13.8 Å². The van der Waals surface area contributed by atoms with E-state index < -0.39 is 0 Å². The third-order valence-electron chi connectivity index (χ3n) is 2.42. The average Bonchev–Trinajstić information content (AvgIpc) is 2.27. The summed E-state index contributed by atoms with van der Waals surface area (Å²) in [5.41, 5.74) is 1.08. The van der Waals surface area contributed by atoms with Crippen LogP contribution >= 0.6 is 12.6 Å². The summed E-state index contributed by atoms with van der Waals surface area (Å²) in [6.45, 7) is 6.17. The fourth-order valence-corrected chi connectivity index (χ4v) is 1.62. The van der Waals surface area contributed by atoms with Gasteiger partial charge in [-0.2, -0.15) is 12.6 Å². The van der Waals surface area contributed by atoms with Crippen LogP contribution in [0.25, 0.3) is 0 Å². The molecule has 1 atom stereocenters. The van der Waals surface area contributed by atoms with Crippen molar-refractivity contribution in [3.8, 4) is 0 Å². The lowest BCUT2D eigenvalue weighted by Crippen LogP contribution is -2.28. The Hall–Kier alpha value is -0.700. The van der Waals surface area contributed by atoms with Gasteiger partial charge < -0.3 is 4.90 Å². The van der Waals surface area contributed by atoms with E-state index >= 15 is 0 Å². The highest BCUT2D eigenvalue weighted by Crippen LogP contribution is 2.16. The molecule has 0 aliphatic heterocycles. The molecule has 0 radical (unpaired) electrons. The molecule has 1 rings (SSSR count). The first-order valence-corrected chi connectivity index (χ1v) is 5.92. The quantitative estimate of drug-likeness (QED) is 0.756. The van der Waals surface area contributed by atoms with E-state index in [4.69, 9.17) is 0 Å². The second kappa shape index (κ2) is 6.01. The van der Waals surface area contributed by atoms with Crippen molar-refractivity contribution in [2.24, 2.45) is 5.92 Å². The molecule has 0 bridgehead atoms. The second-order valence-corrected chi connectivity index (χ2v) is 4.17. The molecule has 3 heteroatoms. The fraction of sp³-hybridized carbons (Fsp3) is 0.500. The molecule has 0 N–H and O–H groups in total. The van der Waals surface area contributed by atoms with Crippen molar-refractivity contribution in [3.63, 3.8) is 0 Å². The number of anilines is 1. The first-order valence-electron chi connectivity index (χ1n) is 5.28. The zero-order chi connectivity index (χ0) is 11.3. The average molecular weight is 227 g/mol. The number of benzene rings is 1. The van der Waals surface area contributed by atoms with Gasteiger partial charge in [0.15, 0.2) is 0 Å². The van der Waals surface area contributed by atoms with Crippen LogP contribution in [0.15, 0.2) is 24.3 Å². The van der Waals surface area contributed by atoms with E-state index in [1.807, 2.05) is 12.1 Å². The minimum absolute atomic E-state index is 0.183. The van der Waals surface area contributed by atoms with Crippen molar-refractivity contribution < 1.29 is 4.39 Å². The third-order valence-corrected chi connectivity index (χ3v) is 3.04. The van der Waals surface area contributed by atoms with Gasteiger partial charge in [-0.15, -0.1) is 0 Å². The predicted molar refractivity (Wildman–Crippen MR) is 67.3 cm³/mol. The lowest BCUT2D eigenvalue weighted by Gasteiger charge is -2.25. The van der Waals surface area contributed by atoms with Crippen molar-refractivity contribution >= 4 is 18.3 Å². The van der Waals surface area contributed by atoms with E-state index in [0.717, 1.165) is 24.5 Å². The molecule has 15 heavy (non-hydrogen) atoms. The van der Waals surface area contributed by atoms with Crippen LogP contribution < -0.4 is 4.90 Å². The normalized spacial score (nSPS) is 12.5. The number of nitrogens with zero attached hydrogens (tertiary/aromatic N) is 1. The van der Waals surface area contributed by atoms with Crippen LogP contribution in [0.5, 0.6) is 0 Å². The molecule has 0 amide bonds. The maximum absolute atomic E-state index is 12.8. The number of hydrogen-bond acceptors (Lipinski definition) is 2. The summed E-state index contributed by atoms with van der Waals surface area (Å²) in [5.74, 6) is 1.23. The minimum atomic E-state index is -0.183. The Morgan fingerprint density at radius 3 is 2.40 bits per heavy atom. The van der Waals surface area contributed by atoms with E-state index in [0.29, 0.717) is 5.92 Å². The number of rotatable bonds is 5. The van der Waals surface area contributed by atoms with Gasteiger partial charge in [-0.25, -0.2) is 4.39 Å². The molecule has 1 unspecified atom stereocenters. The molecule has 84 valence electrons. The van der Waals surface area contributed by atoms with E-state index in [9.17, 15) is 4.39 Å². The van der Waals surface area contributed by atoms with Gasteiger partial charge in [0.1, 0.15) is 5.82 Å². The minimum Gasteiger partial charge on any atom is -0.372 e. The topological polar surface area (TPSA) is 3.24 Å². The summed E-state index contributed by atoms with van der Waals surface area (Å²) in [6, 6.07) is 6.65. The molecule has 0 heterocycles. The van der Waals surface area contributed by atoms with Crippen molar-refractivity contribution in [2.45, 2.75) is 13.8 Å². The molecule has 0 spiro atoms. The van der Waals surface area contributed by atoms with Crippen LogP contribution in [0.3, 0.4) is 0 Å². The highest BCUT2D eigenvalue weighted by atomic mass is 32.1. The predicted octanol–water partition coefficient (Wildman–Crippen LogP) is 3.22. The standard InChI is InChI=1S/C12H18FNS/c1-3-14(8-10(2)9-15)12-6-4-11(13)5-7-12/h4-7,10,15H,3,8-9H2,1-2H3. The molecule has 0 aromatic heterocycles. The first-order chi connectivity index (χ1) is 7.17. The third kappa shape index (κ3) is 3.74. The van der Waals surface area contributed by atoms with Gasteiger partial charge in [-0.1, -0.05) is 6.92 Å². The van der Waals surface area contributed by atoms with Gasteiger partial charge in [0, 0.05) is 18.8 Å². The van der Waals surface area contributed by atoms with Gasteiger partial charge in [0.05, 0.1) is 0 Å². The maximum Gasteiger partial charge on any atom is 0.123 e. The zero-order valence-electron chi connectivity index (χ0n) is 9.28. The van der Waals surface area contributed by atoms with Crippen molar-refractivity contribution in [1.29, 1.82) is 0 Å². The number of halogens is 1. The Balaban J connectivity index is 2.69. The maximum atomic E-state index is 12.8. The monoisotopic (exact) mass is 227 g/mol. The molecule has 0 aliphatic rings. The van der Waals surface area contributed by atoms with E-state index in [2.05, 4.69) is 31.4 Å². The Morgan fingerprint density at radius 2 is 1.93 bits per heavy atom. The summed E-state index contributed by atoms with van der Waals surface area (Å²) in [6.07, 6.45) is 0. The van der Waals surface area contributed by atoms with Crippen molar-refractivity contribution in [2.75, 3.05) is 23.7 Å². The summed E-state index contributed by atoms with van der Waals surface area (Å²) in [5, 5.41) is 0. The highest BCUT2D eigenvalue weighted by molar-refractivity contribution is 7.80. The van der Waals surface area contributed by atoms with Gasteiger partial charge in [0.2, 0.25) is 0 Å². The molecule has 1 nitrogen and oxygen atoms in total. The van der Waals surface area contributed by atoms with Crippen LogP contribution in [0, 0.1) is 11.7 Å². The summed E-state index contributed by atoms with van der Waals surface area (Å²) in [7, 11) is 0. The molecule has 0 fully saturated rings. The lowest BCUT2D eigenvalue weighted by atomic mass is 10.2. The van der Waals surface area contributed by atoms with Crippen molar-refractivity contribution in [1.82, 2.24) is 0 Å². The van der Waals surface area contributed by atoms with Crippen LogP contribution in [0.2, 0.25) is 0 Å². The summed E-state index contributed by atoms with van der Waals surface area (Å²) >= 11 is 4.27.